The molecular weight excluding hydrogens is 412 g/mol. The van der Waals surface area contributed by atoms with E-state index in [2.05, 4.69) is 15.4 Å². The first-order chi connectivity index (χ1) is 13.9. The minimum absolute atomic E-state index is 0.0386. The number of benzene rings is 1. The average molecular weight is 433 g/mol. The molecule has 1 aliphatic rings. The van der Waals surface area contributed by atoms with Crippen LogP contribution in [0.25, 0.3) is 0 Å². The lowest BCUT2D eigenvalue weighted by molar-refractivity contribution is 0.102. The van der Waals surface area contributed by atoms with E-state index >= 15 is 0 Å². The second kappa shape index (κ2) is 7.96. The fourth-order valence-electron chi connectivity index (χ4n) is 3.24. The molecule has 10 heteroatoms. The van der Waals surface area contributed by atoms with E-state index in [1.165, 1.54) is 11.3 Å². The zero-order valence-corrected chi connectivity index (χ0v) is 17.4. The number of hydrogen-bond donors (Lipinski definition) is 1. The Morgan fingerprint density at radius 3 is 2.97 bits per heavy atom. The molecule has 1 atom stereocenters. The molecule has 8 nitrogen and oxygen atoms in total. The molecule has 0 saturated carbocycles. The fourth-order valence-corrected chi connectivity index (χ4v) is 5.47. The van der Waals surface area contributed by atoms with Crippen LogP contribution in [0.4, 0.5) is 5.82 Å². The smallest absolute Gasteiger partial charge is 0.256 e. The van der Waals surface area contributed by atoms with Gasteiger partial charge in [0.1, 0.15) is 18.2 Å². The Balaban J connectivity index is 1.48. The van der Waals surface area contributed by atoms with E-state index < -0.39 is 9.84 Å². The van der Waals surface area contributed by atoms with Gasteiger partial charge in [-0.1, -0.05) is 6.07 Å². The van der Waals surface area contributed by atoms with Gasteiger partial charge < -0.3 is 10.1 Å². The Labute approximate surface area is 172 Å². The monoisotopic (exact) mass is 432 g/mol. The maximum atomic E-state index is 12.8. The van der Waals surface area contributed by atoms with Crippen molar-refractivity contribution >= 4 is 32.9 Å². The van der Waals surface area contributed by atoms with Crippen molar-refractivity contribution in [3.63, 3.8) is 0 Å². The molecule has 1 fully saturated rings. The predicted octanol–water partition coefficient (Wildman–Crippen LogP) is 2.84. The number of ether oxygens (including phenoxy) is 1. The normalized spacial score (nSPS) is 17.9. The summed E-state index contributed by atoms with van der Waals surface area (Å²) in [6.45, 7) is 2.14. The van der Waals surface area contributed by atoms with E-state index in [4.69, 9.17) is 4.74 Å². The Bertz CT molecular complexity index is 1120. The van der Waals surface area contributed by atoms with Crippen LogP contribution in [0.1, 0.15) is 34.2 Å². The predicted molar refractivity (Wildman–Crippen MR) is 110 cm³/mol. The quantitative estimate of drug-likeness (QED) is 0.642. The highest BCUT2D eigenvalue weighted by atomic mass is 32.2. The third kappa shape index (κ3) is 4.65. The van der Waals surface area contributed by atoms with Crippen LogP contribution in [-0.2, 0) is 16.4 Å². The molecule has 1 unspecified atom stereocenters. The van der Waals surface area contributed by atoms with Crippen molar-refractivity contribution in [2.45, 2.75) is 26.0 Å². The number of hydrogen-bond acceptors (Lipinski definition) is 7. The molecule has 3 heterocycles. The summed E-state index contributed by atoms with van der Waals surface area (Å²) in [4.78, 5) is 16.9. The number of rotatable bonds is 6. The van der Waals surface area contributed by atoms with Crippen LogP contribution in [0.3, 0.4) is 0 Å². The van der Waals surface area contributed by atoms with Gasteiger partial charge in [-0.2, -0.15) is 5.10 Å². The molecule has 4 rings (SSSR count). The molecular formula is C19H20N4O4S2. The minimum atomic E-state index is -3.06. The molecule has 0 aliphatic carbocycles. The molecule has 29 heavy (non-hydrogen) atoms. The van der Waals surface area contributed by atoms with E-state index in [1.807, 2.05) is 12.3 Å². The molecule has 0 bridgehead atoms. The summed E-state index contributed by atoms with van der Waals surface area (Å²) < 4.78 is 30.9. The molecule has 1 aromatic carbocycles. The summed E-state index contributed by atoms with van der Waals surface area (Å²) in [5.74, 6) is 0.922. The van der Waals surface area contributed by atoms with E-state index in [1.54, 1.807) is 40.5 Å². The van der Waals surface area contributed by atoms with Crippen molar-refractivity contribution in [1.29, 1.82) is 0 Å². The molecule has 0 radical (unpaired) electrons. The number of anilines is 1. The van der Waals surface area contributed by atoms with Crippen LogP contribution >= 0.6 is 11.3 Å². The second-order valence-electron chi connectivity index (χ2n) is 6.92. The first kappa shape index (κ1) is 19.6. The van der Waals surface area contributed by atoms with Gasteiger partial charge in [0.2, 0.25) is 0 Å². The van der Waals surface area contributed by atoms with Crippen molar-refractivity contribution in [1.82, 2.24) is 14.8 Å². The number of carbonyl (C=O) groups is 1. The van der Waals surface area contributed by atoms with Crippen LogP contribution in [0.2, 0.25) is 0 Å². The Hall–Kier alpha value is -2.72. The van der Waals surface area contributed by atoms with Crippen LogP contribution < -0.4 is 10.1 Å². The number of nitrogens with zero attached hydrogens (tertiary/aromatic N) is 3. The SMILES string of the molecule is Cc1cc(NC(=O)c2cccc(OCc3cscn3)c2)n(C2CCS(=O)(=O)C2)n1. The van der Waals surface area contributed by atoms with Crippen LogP contribution in [0, 0.1) is 6.92 Å². The van der Waals surface area contributed by atoms with Gasteiger partial charge in [0, 0.05) is 17.0 Å². The summed E-state index contributed by atoms with van der Waals surface area (Å²) in [6, 6.07) is 8.36. The average Bonchev–Trinajstić information content (AvgIpc) is 3.41. The number of nitrogens with one attached hydrogen (secondary N) is 1. The molecule has 152 valence electrons. The van der Waals surface area contributed by atoms with E-state index in [0.29, 0.717) is 35.9 Å². The first-order valence-corrected chi connectivity index (χ1v) is 11.8. The molecule has 0 spiro atoms. The molecule has 1 amide bonds. The first-order valence-electron chi connectivity index (χ1n) is 9.07. The van der Waals surface area contributed by atoms with E-state index in [0.717, 1.165) is 5.69 Å². The van der Waals surface area contributed by atoms with Gasteiger partial charge in [-0.25, -0.2) is 18.1 Å². The Kier molecular flexibility index (Phi) is 5.37. The number of aryl methyl sites for hydroxylation is 1. The molecule has 1 saturated heterocycles. The minimum Gasteiger partial charge on any atom is -0.487 e. The van der Waals surface area contributed by atoms with Gasteiger partial charge in [-0.15, -0.1) is 11.3 Å². The van der Waals surface area contributed by atoms with Gasteiger partial charge in [-0.3, -0.25) is 4.79 Å². The van der Waals surface area contributed by atoms with Crippen LogP contribution in [-0.4, -0.2) is 40.6 Å². The van der Waals surface area contributed by atoms with E-state index in [9.17, 15) is 13.2 Å². The van der Waals surface area contributed by atoms with Gasteiger partial charge in [0.25, 0.3) is 5.91 Å². The maximum Gasteiger partial charge on any atom is 0.256 e. The summed E-state index contributed by atoms with van der Waals surface area (Å²) >= 11 is 1.50. The Morgan fingerprint density at radius 1 is 1.38 bits per heavy atom. The van der Waals surface area contributed by atoms with Crippen molar-refractivity contribution in [2.75, 3.05) is 16.8 Å². The van der Waals surface area contributed by atoms with Crippen molar-refractivity contribution in [3.8, 4) is 5.75 Å². The van der Waals surface area contributed by atoms with Gasteiger partial charge in [-0.05, 0) is 31.5 Å². The van der Waals surface area contributed by atoms with Gasteiger partial charge >= 0.3 is 0 Å². The number of amides is 1. The lowest BCUT2D eigenvalue weighted by Gasteiger charge is -2.14. The third-order valence-electron chi connectivity index (χ3n) is 4.62. The maximum absolute atomic E-state index is 12.8. The van der Waals surface area contributed by atoms with E-state index in [-0.39, 0.29) is 23.5 Å². The third-order valence-corrected chi connectivity index (χ3v) is 7.01. The van der Waals surface area contributed by atoms with Crippen LogP contribution in [0.15, 0.2) is 41.2 Å². The highest BCUT2D eigenvalue weighted by molar-refractivity contribution is 7.91. The number of sulfone groups is 1. The highest BCUT2D eigenvalue weighted by Gasteiger charge is 2.31. The largest absolute Gasteiger partial charge is 0.487 e. The Morgan fingerprint density at radius 2 is 2.24 bits per heavy atom. The summed E-state index contributed by atoms with van der Waals surface area (Å²) in [7, 11) is -3.06. The lowest BCUT2D eigenvalue weighted by Crippen LogP contribution is -2.19. The standard InChI is InChI=1S/C19H20N4O4S2/c1-13-7-18(23(22-13)16-5-6-29(25,26)11-16)21-19(24)14-3-2-4-17(8-14)27-9-15-10-28-12-20-15/h2-4,7-8,10,12,16H,5-6,9,11H2,1H3,(H,21,24). The number of aromatic nitrogens is 3. The van der Waals surface area contributed by atoms with Crippen LogP contribution in [0.5, 0.6) is 5.75 Å². The van der Waals surface area contributed by atoms with Crippen molar-refractivity contribution in [2.24, 2.45) is 0 Å². The lowest BCUT2D eigenvalue weighted by atomic mass is 10.2. The van der Waals surface area contributed by atoms with Gasteiger partial charge in [0.05, 0.1) is 34.4 Å². The topological polar surface area (TPSA) is 103 Å². The molecule has 1 N–H and O–H groups in total. The van der Waals surface area contributed by atoms with Crippen molar-refractivity contribution < 1.29 is 17.9 Å². The van der Waals surface area contributed by atoms with Crippen molar-refractivity contribution in [3.05, 3.63) is 58.2 Å². The summed E-state index contributed by atoms with van der Waals surface area (Å²) in [5.41, 5.74) is 3.72. The fraction of sp³-hybridized carbons (Fsp3) is 0.316. The second-order valence-corrected chi connectivity index (χ2v) is 9.87. The van der Waals surface area contributed by atoms with Gasteiger partial charge in [0.15, 0.2) is 9.84 Å². The summed E-state index contributed by atoms with van der Waals surface area (Å²) in [5, 5.41) is 9.14. The zero-order valence-electron chi connectivity index (χ0n) is 15.7. The molecule has 3 aromatic rings. The molecule has 1 aliphatic heterocycles. The molecule has 2 aromatic heterocycles. The highest BCUT2D eigenvalue weighted by Crippen LogP contribution is 2.27. The zero-order chi connectivity index (χ0) is 20.4. The number of carbonyl (C=O) groups excluding carboxylic acids is 1. The summed E-state index contributed by atoms with van der Waals surface area (Å²) in [6.07, 6.45) is 0.492. The number of thiazole rings is 1.